The van der Waals surface area contributed by atoms with Crippen LogP contribution in [0.2, 0.25) is 0 Å². The van der Waals surface area contributed by atoms with Gasteiger partial charge < -0.3 is 29.7 Å². The van der Waals surface area contributed by atoms with Gasteiger partial charge in [0.25, 0.3) is 0 Å². The van der Waals surface area contributed by atoms with Gasteiger partial charge >= 0.3 is 11.9 Å². The number of aromatic nitrogens is 2. The highest BCUT2D eigenvalue weighted by atomic mass is 32.2. The summed E-state index contributed by atoms with van der Waals surface area (Å²) in [6, 6.07) is 19.2. The van der Waals surface area contributed by atoms with Crippen LogP contribution >= 0.6 is 0 Å². The maximum absolute atomic E-state index is 14.5. The zero-order valence-corrected chi connectivity index (χ0v) is 31.3. The molecule has 4 fully saturated rings. The van der Waals surface area contributed by atoms with E-state index in [4.69, 9.17) is 9.47 Å². The summed E-state index contributed by atoms with van der Waals surface area (Å²) in [4.78, 5) is 32.6. The third kappa shape index (κ3) is 3.85. The molecule has 8 unspecified atom stereocenters. The molecule has 2 aromatic heterocycles. The maximum Gasteiger partial charge on any atom is 0.354 e. The molecule has 0 amide bonds. The number of hydrogen-bond acceptors (Lipinski definition) is 8. The van der Waals surface area contributed by atoms with Crippen molar-refractivity contribution in [2.24, 2.45) is 11.8 Å². The summed E-state index contributed by atoms with van der Waals surface area (Å²) in [6.45, 7) is 4.37. The van der Waals surface area contributed by atoms with Gasteiger partial charge in [-0.1, -0.05) is 13.8 Å². The molecule has 2 spiro atoms. The number of ether oxygens (including phenoxy) is 2. The fourth-order valence-electron chi connectivity index (χ4n) is 12.4. The van der Waals surface area contributed by atoms with Gasteiger partial charge in [0, 0.05) is 66.3 Å². The molecule has 8 atom stereocenters. The average molecular weight is 757 g/mol. The van der Waals surface area contributed by atoms with E-state index in [9.17, 15) is 28.2 Å². The lowest BCUT2D eigenvalue weighted by molar-refractivity contribution is -0.119. The summed E-state index contributed by atoms with van der Waals surface area (Å²) in [5.41, 5.74) is 5.30. The molecule has 2 saturated heterocycles. The molecule has 4 heterocycles. The van der Waals surface area contributed by atoms with Crippen LogP contribution in [0.15, 0.2) is 70.5 Å². The Labute approximate surface area is 316 Å². The summed E-state index contributed by atoms with van der Waals surface area (Å²) in [6.07, 6.45) is 3.88. The number of H-pyrrole nitrogens is 2. The van der Waals surface area contributed by atoms with E-state index < -0.39 is 33.2 Å². The first-order valence-corrected chi connectivity index (χ1v) is 21.0. The van der Waals surface area contributed by atoms with E-state index in [1.165, 1.54) is 11.1 Å². The third-order valence-corrected chi connectivity index (χ3v) is 17.1. The number of sulfone groups is 1. The molecule has 12 rings (SSSR count). The number of aliphatic hydroxyl groups excluding tert-OH is 2. The zero-order chi connectivity index (χ0) is 37.6. The van der Waals surface area contributed by atoms with Crippen molar-refractivity contribution >= 4 is 65.4 Å². The van der Waals surface area contributed by atoms with Gasteiger partial charge in [0.15, 0.2) is 0 Å². The zero-order valence-electron chi connectivity index (χ0n) is 30.5. The maximum atomic E-state index is 14.5. The number of carbonyl (C=O) groups is 2. The number of rotatable bonds is 2. The van der Waals surface area contributed by atoms with Gasteiger partial charge in [0.1, 0.15) is 12.2 Å². The number of epoxide rings is 2. The first-order chi connectivity index (χ1) is 26.3. The van der Waals surface area contributed by atoms with Crippen molar-refractivity contribution in [3.63, 3.8) is 0 Å². The van der Waals surface area contributed by atoms with Crippen LogP contribution in [-0.2, 0) is 52.6 Å². The summed E-state index contributed by atoms with van der Waals surface area (Å²) in [5.74, 6) is -0.861. The van der Waals surface area contributed by atoms with Gasteiger partial charge in [-0.3, -0.25) is 0 Å². The third-order valence-electron chi connectivity index (χ3n) is 15.4. The van der Waals surface area contributed by atoms with Crippen LogP contribution in [0.4, 0.5) is 0 Å². The van der Waals surface area contributed by atoms with Gasteiger partial charge in [-0.05, 0) is 134 Å². The largest absolute Gasteiger partial charge is 0.441 e. The fourth-order valence-corrected chi connectivity index (χ4v) is 13.7. The van der Waals surface area contributed by atoms with E-state index in [2.05, 4.69) is 48.1 Å². The minimum absolute atomic E-state index is 0.125. The predicted molar refractivity (Wildman–Crippen MR) is 204 cm³/mol. The molecule has 4 aromatic carbocycles. The van der Waals surface area contributed by atoms with Gasteiger partial charge in [0.05, 0.1) is 9.79 Å². The van der Waals surface area contributed by atoms with E-state index in [1.807, 2.05) is 12.1 Å². The Morgan fingerprint density at radius 3 is 1.40 bits per heavy atom. The molecule has 4 N–H and O–H groups in total. The SMILES string of the molecule is CC12CCC(O)C3(OC3=O)C1CCc1cc3[nH]c4ccc(S(=O)(=O)c5ccc6[nH]c7cc8c(cc7c6c5)C5(C)CCC(O)C6(OC6=O)C5CC8)cc4c3cc12. The Bertz CT molecular complexity index is 2720. The molecule has 6 aliphatic rings. The highest BCUT2D eigenvalue weighted by Gasteiger charge is 2.75. The van der Waals surface area contributed by atoms with Crippen LogP contribution in [0.25, 0.3) is 43.6 Å². The van der Waals surface area contributed by atoms with Crippen LogP contribution in [-0.4, -0.2) is 63.9 Å². The molecule has 4 aliphatic carbocycles. The number of aromatic amines is 2. The number of carbonyl (C=O) groups excluding carboxylic acids is 2. The lowest BCUT2D eigenvalue weighted by Crippen LogP contribution is -2.55. The molecule has 2 aliphatic heterocycles. The van der Waals surface area contributed by atoms with Crippen molar-refractivity contribution in [2.45, 2.75) is 109 Å². The molecule has 280 valence electrons. The molecular formula is C44H40N2O8S. The van der Waals surface area contributed by atoms with E-state index in [-0.39, 0.29) is 44.4 Å². The minimum Gasteiger partial charge on any atom is -0.441 e. The molecule has 2 saturated carbocycles. The first kappa shape index (κ1) is 32.5. The first-order valence-electron chi connectivity index (χ1n) is 19.5. The minimum atomic E-state index is -3.94. The van der Waals surface area contributed by atoms with Gasteiger partial charge in [-0.2, -0.15) is 0 Å². The Kier molecular flexibility index (Phi) is 5.90. The van der Waals surface area contributed by atoms with Crippen LogP contribution in [0.5, 0.6) is 0 Å². The monoisotopic (exact) mass is 756 g/mol. The van der Waals surface area contributed by atoms with Crippen molar-refractivity contribution in [1.82, 2.24) is 9.97 Å². The number of aryl methyl sites for hydroxylation is 2. The van der Waals surface area contributed by atoms with Crippen LogP contribution < -0.4 is 0 Å². The van der Waals surface area contributed by atoms with Gasteiger partial charge in [0.2, 0.25) is 21.0 Å². The summed E-state index contributed by atoms with van der Waals surface area (Å²) in [5, 5.41) is 25.2. The van der Waals surface area contributed by atoms with Crippen molar-refractivity contribution in [1.29, 1.82) is 0 Å². The Morgan fingerprint density at radius 2 is 1.00 bits per heavy atom. The second-order valence-corrected chi connectivity index (χ2v) is 19.7. The lowest BCUT2D eigenvalue weighted by Gasteiger charge is -2.49. The Hall–Kier alpha value is -4.71. The summed E-state index contributed by atoms with van der Waals surface area (Å²) >= 11 is 0. The van der Waals surface area contributed by atoms with Crippen molar-refractivity contribution in [3.8, 4) is 0 Å². The van der Waals surface area contributed by atoms with E-state index in [1.54, 1.807) is 24.3 Å². The van der Waals surface area contributed by atoms with Crippen molar-refractivity contribution in [2.75, 3.05) is 0 Å². The fraction of sp³-hybridized carbons (Fsp3) is 0.409. The Balaban J connectivity index is 0.950. The second kappa shape index (κ2) is 9.99. The normalized spacial score (nSPS) is 34.8. The lowest BCUT2D eigenvalue weighted by atomic mass is 9.54. The molecule has 6 aromatic rings. The van der Waals surface area contributed by atoms with Crippen molar-refractivity contribution < 1.29 is 37.7 Å². The number of benzene rings is 4. The molecule has 0 radical (unpaired) electrons. The van der Waals surface area contributed by atoms with E-state index in [0.717, 1.165) is 93.3 Å². The topological polar surface area (TPSA) is 165 Å². The number of fused-ring (bicyclic) bond motifs is 14. The summed E-state index contributed by atoms with van der Waals surface area (Å²) < 4.78 is 40.1. The quantitative estimate of drug-likeness (QED) is 0.149. The van der Waals surface area contributed by atoms with Crippen molar-refractivity contribution in [3.05, 3.63) is 82.9 Å². The number of nitrogens with one attached hydrogen (secondary N) is 2. The van der Waals surface area contributed by atoms with E-state index >= 15 is 0 Å². The smallest absolute Gasteiger partial charge is 0.354 e. The van der Waals surface area contributed by atoms with Crippen LogP contribution in [0.1, 0.15) is 74.6 Å². The average Bonchev–Trinajstić information content (AvgIpc) is 3.92. The highest BCUT2D eigenvalue weighted by Crippen LogP contribution is 2.62. The molecule has 0 bridgehead atoms. The van der Waals surface area contributed by atoms with Gasteiger partial charge in [-0.25, -0.2) is 18.0 Å². The summed E-state index contributed by atoms with van der Waals surface area (Å²) in [7, 11) is -3.94. The molecule has 55 heavy (non-hydrogen) atoms. The second-order valence-electron chi connectivity index (χ2n) is 17.8. The molecular weight excluding hydrogens is 717 g/mol. The van der Waals surface area contributed by atoms with Crippen LogP contribution in [0, 0.1) is 11.8 Å². The standard InChI is InChI=1S/C44H40N2O8S/c1-41-13-11-37(47)43(39(49)53-43)35(41)9-3-21-15-33-27(19-29(21)41)25-17-23(5-7-31(25)45-33)55(51,52)24-6-8-32-26(18-24)28-20-30-22(16-34(28)46-32)4-10-36-42(30,2)14-12-38(48)44(36)40(50)54-44/h5-8,15-20,35-38,45-48H,3-4,9-14H2,1-2H3. The predicted octanol–water partition coefficient (Wildman–Crippen LogP) is 6.33. The van der Waals surface area contributed by atoms with Gasteiger partial charge in [-0.15, -0.1) is 0 Å². The Morgan fingerprint density at radius 1 is 0.600 bits per heavy atom. The van der Waals surface area contributed by atoms with E-state index in [0.29, 0.717) is 12.8 Å². The molecule has 11 heteroatoms. The van der Waals surface area contributed by atoms with Crippen LogP contribution in [0.3, 0.4) is 0 Å². The molecule has 10 nitrogen and oxygen atoms in total. The number of hydrogen-bond donors (Lipinski definition) is 4. The highest BCUT2D eigenvalue weighted by molar-refractivity contribution is 7.91. The number of aliphatic hydroxyl groups is 2.